The van der Waals surface area contributed by atoms with Gasteiger partial charge in [0.1, 0.15) is 5.82 Å². The lowest BCUT2D eigenvalue weighted by Gasteiger charge is -2.32. The number of nitrogens with zero attached hydrogens (tertiary/aromatic N) is 4. The largest absolute Gasteiger partial charge is 0.383 e. The molecule has 25 heavy (non-hydrogen) atoms. The van der Waals surface area contributed by atoms with Gasteiger partial charge in [-0.15, -0.1) is 0 Å². The van der Waals surface area contributed by atoms with Crippen LogP contribution in [0.4, 0.5) is 0 Å². The molecular weight excluding hydrogens is 320 g/mol. The highest BCUT2D eigenvalue weighted by molar-refractivity contribution is 5.95. The molecule has 3 rings (SSSR count). The van der Waals surface area contributed by atoms with Gasteiger partial charge < -0.3 is 19.3 Å². The first kappa shape index (κ1) is 18.2. The molecule has 0 aliphatic carbocycles. The third kappa shape index (κ3) is 4.54. The van der Waals surface area contributed by atoms with Crippen LogP contribution < -0.4 is 0 Å². The number of rotatable bonds is 5. The van der Waals surface area contributed by atoms with Gasteiger partial charge in [0.25, 0.3) is 5.91 Å². The number of hydrogen-bond donors (Lipinski definition) is 0. The Balaban J connectivity index is 1.67. The molecule has 0 unspecified atom stereocenters. The van der Waals surface area contributed by atoms with Gasteiger partial charge in [0.15, 0.2) is 0 Å². The molecule has 2 fully saturated rings. The summed E-state index contributed by atoms with van der Waals surface area (Å²) in [5, 5.41) is 0. The number of methoxy groups -OCH3 is 1. The molecule has 1 aromatic heterocycles. The van der Waals surface area contributed by atoms with E-state index < -0.39 is 0 Å². The average molecular weight is 348 g/mol. The summed E-state index contributed by atoms with van der Waals surface area (Å²) in [7, 11) is 1.73. The fraction of sp³-hybridized carbons (Fsp3) is 0.722. The lowest BCUT2D eigenvalue weighted by Crippen LogP contribution is -2.41. The summed E-state index contributed by atoms with van der Waals surface area (Å²) in [5.41, 5.74) is 1.38. The second-order valence-corrected chi connectivity index (χ2v) is 6.76. The van der Waals surface area contributed by atoms with Crippen LogP contribution in [0, 0.1) is 6.92 Å². The van der Waals surface area contributed by atoms with Crippen molar-refractivity contribution < 1.29 is 14.3 Å². The van der Waals surface area contributed by atoms with Crippen LogP contribution in [0.25, 0.3) is 0 Å². The Morgan fingerprint density at radius 1 is 1.36 bits per heavy atom. The molecule has 138 valence electrons. The number of ether oxygens (including phenoxy) is 2. The number of carbonyl (C=O) groups excluding carboxylic acids is 1. The molecule has 7 heteroatoms. The molecule has 0 radical (unpaired) electrons. The summed E-state index contributed by atoms with van der Waals surface area (Å²) in [5.74, 6) is 1.20. The van der Waals surface area contributed by atoms with E-state index in [4.69, 9.17) is 9.47 Å². The van der Waals surface area contributed by atoms with Crippen LogP contribution in [-0.2, 0) is 9.47 Å². The first-order valence-electron chi connectivity index (χ1n) is 9.11. The van der Waals surface area contributed by atoms with Crippen molar-refractivity contribution in [3.63, 3.8) is 0 Å². The number of carbonyl (C=O) groups is 1. The SMILES string of the molecule is COCCN1CCC[C@@H](c2ncc(C(=O)N3CCOCC3)c(C)n2)C1. The van der Waals surface area contributed by atoms with E-state index in [2.05, 4.69) is 14.9 Å². The monoisotopic (exact) mass is 348 g/mol. The predicted molar refractivity (Wildman–Crippen MR) is 93.8 cm³/mol. The van der Waals surface area contributed by atoms with Crippen LogP contribution in [0.2, 0.25) is 0 Å². The zero-order chi connectivity index (χ0) is 17.6. The molecule has 0 aromatic carbocycles. The van der Waals surface area contributed by atoms with Crippen molar-refractivity contribution in [3.8, 4) is 0 Å². The highest BCUT2D eigenvalue weighted by Crippen LogP contribution is 2.25. The molecule has 2 aliphatic heterocycles. The van der Waals surface area contributed by atoms with E-state index in [1.807, 2.05) is 11.8 Å². The maximum atomic E-state index is 12.6. The molecule has 0 N–H and O–H groups in total. The maximum absolute atomic E-state index is 12.6. The molecular formula is C18H28N4O3. The van der Waals surface area contributed by atoms with E-state index in [1.165, 1.54) is 0 Å². The number of piperidine rings is 1. The molecule has 3 heterocycles. The highest BCUT2D eigenvalue weighted by atomic mass is 16.5. The predicted octanol–water partition coefficient (Wildman–Crippen LogP) is 1.08. The summed E-state index contributed by atoms with van der Waals surface area (Å²) >= 11 is 0. The minimum Gasteiger partial charge on any atom is -0.383 e. The van der Waals surface area contributed by atoms with Gasteiger partial charge in [-0.05, 0) is 26.3 Å². The van der Waals surface area contributed by atoms with E-state index in [-0.39, 0.29) is 5.91 Å². The van der Waals surface area contributed by atoms with Crippen LogP contribution in [0.3, 0.4) is 0 Å². The highest BCUT2D eigenvalue weighted by Gasteiger charge is 2.25. The van der Waals surface area contributed by atoms with Crippen molar-refractivity contribution in [1.82, 2.24) is 19.8 Å². The summed E-state index contributed by atoms with van der Waals surface area (Å²) < 4.78 is 10.5. The summed E-state index contributed by atoms with van der Waals surface area (Å²) in [4.78, 5) is 26.1. The van der Waals surface area contributed by atoms with Gasteiger partial charge in [0.2, 0.25) is 0 Å². The lowest BCUT2D eigenvalue weighted by molar-refractivity contribution is 0.0301. The van der Waals surface area contributed by atoms with Crippen molar-refractivity contribution in [2.45, 2.75) is 25.7 Å². The average Bonchev–Trinajstić information content (AvgIpc) is 2.66. The Bertz CT molecular complexity index is 590. The normalized spacial score (nSPS) is 22.2. The van der Waals surface area contributed by atoms with Crippen molar-refractivity contribution in [1.29, 1.82) is 0 Å². The third-order valence-electron chi connectivity index (χ3n) is 5.01. The number of amides is 1. The molecule has 0 saturated carbocycles. The van der Waals surface area contributed by atoms with Gasteiger partial charge in [0, 0.05) is 45.4 Å². The Hall–Kier alpha value is -1.57. The lowest BCUT2D eigenvalue weighted by atomic mass is 9.97. The van der Waals surface area contributed by atoms with Crippen LogP contribution in [-0.4, -0.2) is 85.3 Å². The van der Waals surface area contributed by atoms with Gasteiger partial charge in [0.05, 0.1) is 31.1 Å². The Morgan fingerprint density at radius 2 is 2.16 bits per heavy atom. The standard InChI is InChI=1S/C18H28N4O3/c1-14-16(18(23)22-7-10-25-11-8-22)12-19-17(20-14)15-4-3-5-21(13-15)6-9-24-2/h12,15H,3-11,13H2,1-2H3/t15-/m1/s1. The fourth-order valence-electron chi connectivity index (χ4n) is 3.52. The van der Waals surface area contributed by atoms with E-state index in [0.29, 0.717) is 37.8 Å². The van der Waals surface area contributed by atoms with Crippen LogP contribution >= 0.6 is 0 Å². The van der Waals surface area contributed by atoms with Gasteiger partial charge >= 0.3 is 0 Å². The molecule has 2 aliphatic rings. The first-order chi connectivity index (χ1) is 12.2. The first-order valence-corrected chi connectivity index (χ1v) is 9.11. The van der Waals surface area contributed by atoms with Crippen molar-refractivity contribution in [2.75, 3.05) is 59.7 Å². The summed E-state index contributed by atoms with van der Waals surface area (Å²) in [6.45, 7) is 8.13. The fourth-order valence-corrected chi connectivity index (χ4v) is 3.52. The molecule has 0 spiro atoms. The maximum Gasteiger partial charge on any atom is 0.257 e. The van der Waals surface area contributed by atoms with Crippen molar-refractivity contribution in [2.24, 2.45) is 0 Å². The Morgan fingerprint density at radius 3 is 2.88 bits per heavy atom. The topological polar surface area (TPSA) is 67.8 Å². The molecule has 1 amide bonds. The van der Waals surface area contributed by atoms with E-state index in [0.717, 1.165) is 50.6 Å². The Kier molecular flexibility index (Phi) is 6.34. The number of aryl methyl sites for hydroxylation is 1. The Labute approximate surface area is 149 Å². The molecule has 7 nitrogen and oxygen atoms in total. The number of hydrogen-bond acceptors (Lipinski definition) is 6. The zero-order valence-electron chi connectivity index (χ0n) is 15.2. The summed E-state index contributed by atoms with van der Waals surface area (Å²) in [6, 6.07) is 0. The van der Waals surface area contributed by atoms with Crippen LogP contribution in [0.1, 0.15) is 40.6 Å². The van der Waals surface area contributed by atoms with Gasteiger partial charge in [-0.25, -0.2) is 9.97 Å². The third-order valence-corrected chi connectivity index (χ3v) is 5.01. The number of morpholine rings is 1. The quantitative estimate of drug-likeness (QED) is 0.793. The molecule has 0 bridgehead atoms. The number of aromatic nitrogens is 2. The van der Waals surface area contributed by atoms with Crippen molar-refractivity contribution >= 4 is 5.91 Å². The van der Waals surface area contributed by atoms with E-state index >= 15 is 0 Å². The molecule has 1 atom stereocenters. The van der Waals surface area contributed by atoms with Gasteiger partial charge in [-0.3, -0.25) is 4.79 Å². The van der Waals surface area contributed by atoms with Crippen LogP contribution in [0.15, 0.2) is 6.20 Å². The number of likely N-dealkylation sites (tertiary alicyclic amines) is 1. The smallest absolute Gasteiger partial charge is 0.257 e. The van der Waals surface area contributed by atoms with Gasteiger partial charge in [-0.1, -0.05) is 0 Å². The second kappa shape index (κ2) is 8.69. The van der Waals surface area contributed by atoms with E-state index in [9.17, 15) is 4.79 Å². The molecule has 2 saturated heterocycles. The zero-order valence-corrected chi connectivity index (χ0v) is 15.2. The minimum atomic E-state index is 0.0118. The van der Waals surface area contributed by atoms with Crippen molar-refractivity contribution in [3.05, 3.63) is 23.3 Å². The van der Waals surface area contributed by atoms with Crippen LogP contribution in [0.5, 0.6) is 0 Å². The van der Waals surface area contributed by atoms with E-state index in [1.54, 1.807) is 13.3 Å². The molecule has 1 aromatic rings. The minimum absolute atomic E-state index is 0.0118. The van der Waals surface area contributed by atoms with Gasteiger partial charge in [-0.2, -0.15) is 0 Å². The second-order valence-electron chi connectivity index (χ2n) is 6.76. The summed E-state index contributed by atoms with van der Waals surface area (Å²) in [6.07, 6.45) is 3.95.